The molecule has 2 rings (SSSR count). The zero-order valence-corrected chi connectivity index (χ0v) is 11.0. The van der Waals surface area contributed by atoms with Crippen molar-refractivity contribution in [1.82, 2.24) is 9.88 Å². The lowest BCUT2D eigenvalue weighted by Gasteiger charge is -2.30. The van der Waals surface area contributed by atoms with Gasteiger partial charge < -0.3 is 4.90 Å². The molecule has 92 valence electrons. The third-order valence-electron chi connectivity index (χ3n) is 3.24. The average molecular weight is 253 g/mol. The first-order valence-electron chi connectivity index (χ1n) is 5.99. The van der Waals surface area contributed by atoms with Crippen LogP contribution in [-0.2, 0) is 0 Å². The van der Waals surface area contributed by atoms with Crippen LogP contribution in [0.15, 0.2) is 12.1 Å². The van der Waals surface area contributed by atoms with Crippen LogP contribution in [-0.4, -0.2) is 28.9 Å². The van der Waals surface area contributed by atoms with Gasteiger partial charge in [-0.25, -0.2) is 4.98 Å². The van der Waals surface area contributed by atoms with E-state index in [1.54, 1.807) is 12.1 Å². The smallest absolute Gasteiger partial charge is 0.254 e. The Kier molecular flexibility index (Phi) is 3.67. The number of rotatable bonds is 1. The van der Waals surface area contributed by atoms with Gasteiger partial charge in [0.25, 0.3) is 5.91 Å². The predicted molar refractivity (Wildman–Crippen MR) is 68.3 cm³/mol. The number of amides is 1. The molecule has 1 saturated heterocycles. The van der Waals surface area contributed by atoms with Crippen LogP contribution in [0.4, 0.5) is 0 Å². The molecule has 1 aliphatic heterocycles. The molecule has 1 aliphatic rings. The molecular weight excluding hydrogens is 236 g/mol. The van der Waals surface area contributed by atoms with Crippen molar-refractivity contribution >= 4 is 17.5 Å². The molecule has 4 heteroatoms. The summed E-state index contributed by atoms with van der Waals surface area (Å²) in [6.45, 7) is 5.77. The second kappa shape index (κ2) is 5.05. The molecule has 0 bridgehead atoms. The van der Waals surface area contributed by atoms with Gasteiger partial charge in [0.1, 0.15) is 5.15 Å². The number of hydrogen-bond donors (Lipinski definition) is 0. The number of aromatic nitrogens is 1. The zero-order valence-electron chi connectivity index (χ0n) is 10.2. The van der Waals surface area contributed by atoms with Crippen molar-refractivity contribution < 1.29 is 4.79 Å². The molecule has 1 amide bonds. The zero-order chi connectivity index (χ0) is 12.4. The molecule has 0 saturated carbocycles. The van der Waals surface area contributed by atoms with Gasteiger partial charge in [-0.15, -0.1) is 0 Å². The Hall–Kier alpha value is -1.09. The van der Waals surface area contributed by atoms with E-state index >= 15 is 0 Å². The molecule has 0 N–H and O–H groups in total. The van der Waals surface area contributed by atoms with Gasteiger partial charge in [0.2, 0.25) is 0 Å². The van der Waals surface area contributed by atoms with Crippen molar-refractivity contribution in [3.8, 4) is 0 Å². The highest BCUT2D eigenvalue weighted by atomic mass is 35.5. The Bertz CT molecular complexity index is 405. The van der Waals surface area contributed by atoms with Gasteiger partial charge in [-0.05, 0) is 37.8 Å². The van der Waals surface area contributed by atoms with Crippen LogP contribution >= 0.6 is 11.6 Å². The Balaban J connectivity index is 2.14. The lowest BCUT2D eigenvalue weighted by molar-refractivity contribution is 0.0697. The molecule has 1 aromatic rings. The maximum Gasteiger partial charge on any atom is 0.254 e. The van der Waals surface area contributed by atoms with Crippen LogP contribution in [0.3, 0.4) is 0 Å². The minimum absolute atomic E-state index is 0.0734. The van der Waals surface area contributed by atoms with Crippen LogP contribution in [0.1, 0.15) is 35.8 Å². The molecule has 0 atom stereocenters. The summed E-state index contributed by atoms with van der Waals surface area (Å²) in [6.07, 6.45) is 2.17. The normalized spacial score (nSPS) is 17.2. The monoisotopic (exact) mass is 252 g/mol. The molecule has 0 aliphatic carbocycles. The first kappa shape index (κ1) is 12.4. The second-order valence-electron chi connectivity index (χ2n) is 4.79. The summed E-state index contributed by atoms with van der Waals surface area (Å²) in [5.74, 6) is 0.797. The Morgan fingerprint density at radius 3 is 2.65 bits per heavy atom. The van der Waals surface area contributed by atoms with Crippen molar-refractivity contribution in [2.75, 3.05) is 13.1 Å². The standard InChI is InChI=1S/C13H17ClN2O/c1-9-3-5-16(6-4-9)13(17)11-7-10(2)15-12(14)8-11/h7-9H,3-6H2,1-2H3. The molecule has 0 aromatic carbocycles. The summed E-state index contributed by atoms with van der Waals surface area (Å²) in [5, 5.41) is 0.388. The van der Waals surface area contributed by atoms with Gasteiger partial charge in [-0.3, -0.25) is 4.79 Å². The van der Waals surface area contributed by atoms with Crippen LogP contribution in [0, 0.1) is 12.8 Å². The minimum Gasteiger partial charge on any atom is -0.339 e. The number of likely N-dealkylation sites (tertiary alicyclic amines) is 1. The summed E-state index contributed by atoms with van der Waals surface area (Å²) in [7, 11) is 0. The van der Waals surface area contributed by atoms with Gasteiger partial charge in [-0.1, -0.05) is 18.5 Å². The first-order chi connectivity index (χ1) is 8.06. The quantitative estimate of drug-likeness (QED) is 0.720. The summed E-state index contributed by atoms with van der Waals surface area (Å²) < 4.78 is 0. The van der Waals surface area contributed by atoms with Gasteiger partial charge in [0, 0.05) is 24.3 Å². The lowest BCUT2D eigenvalue weighted by Crippen LogP contribution is -2.37. The molecule has 0 unspecified atom stereocenters. The third-order valence-corrected chi connectivity index (χ3v) is 3.43. The number of pyridine rings is 1. The molecule has 2 heterocycles. The Labute approximate surface area is 107 Å². The fourth-order valence-electron chi connectivity index (χ4n) is 2.15. The topological polar surface area (TPSA) is 33.2 Å². The Morgan fingerprint density at radius 2 is 2.06 bits per heavy atom. The number of piperidine rings is 1. The predicted octanol–water partition coefficient (Wildman–Crippen LogP) is 2.92. The fourth-order valence-corrected chi connectivity index (χ4v) is 2.40. The number of carbonyl (C=O) groups is 1. The van der Waals surface area contributed by atoms with Gasteiger partial charge >= 0.3 is 0 Å². The van der Waals surface area contributed by atoms with Crippen molar-refractivity contribution in [1.29, 1.82) is 0 Å². The second-order valence-corrected chi connectivity index (χ2v) is 5.18. The van der Waals surface area contributed by atoms with Crippen LogP contribution in [0.25, 0.3) is 0 Å². The molecule has 17 heavy (non-hydrogen) atoms. The van der Waals surface area contributed by atoms with Gasteiger partial charge in [-0.2, -0.15) is 0 Å². The van der Waals surface area contributed by atoms with Crippen molar-refractivity contribution in [2.24, 2.45) is 5.92 Å². The van der Waals surface area contributed by atoms with Crippen molar-refractivity contribution in [3.05, 3.63) is 28.5 Å². The summed E-state index contributed by atoms with van der Waals surface area (Å²) in [5.41, 5.74) is 1.43. The maximum atomic E-state index is 12.3. The number of carbonyl (C=O) groups excluding carboxylic acids is 1. The van der Waals surface area contributed by atoms with Gasteiger partial charge in [0.05, 0.1) is 0 Å². The van der Waals surface area contributed by atoms with Crippen molar-refractivity contribution in [2.45, 2.75) is 26.7 Å². The van der Waals surface area contributed by atoms with Crippen LogP contribution in [0.5, 0.6) is 0 Å². The SMILES string of the molecule is Cc1cc(C(=O)N2CCC(C)CC2)cc(Cl)n1. The number of halogens is 1. The number of aryl methyl sites for hydroxylation is 1. The van der Waals surface area contributed by atoms with E-state index in [1.807, 2.05) is 11.8 Å². The molecule has 0 radical (unpaired) electrons. The molecule has 1 aromatic heterocycles. The van der Waals surface area contributed by atoms with E-state index in [1.165, 1.54) is 0 Å². The lowest BCUT2D eigenvalue weighted by atomic mass is 9.98. The number of hydrogen-bond acceptors (Lipinski definition) is 2. The van der Waals surface area contributed by atoms with E-state index in [4.69, 9.17) is 11.6 Å². The molecule has 1 fully saturated rings. The van der Waals surface area contributed by atoms with Crippen LogP contribution in [0.2, 0.25) is 5.15 Å². The third kappa shape index (κ3) is 2.97. The highest BCUT2D eigenvalue weighted by Gasteiger charge is 2.21. The van der Waals surface area contributed by atoms with Gasteiger partial charge in [0.15, 0.2) is 0 Å². The van der Waals surface area contributed by atoms with E-state index < -0.39 is 0 Å². The van der Waals surface area contributed by atoms with E-state index in [0.29, 0.717) is 10.7 Å². The summed E-state index contributed by atoms with van der Waals surface area (Å²) in [6, 6.07) is 3.45. The highest BCUT2D eigenvalue weighted by molar-refractivity contribution is 6.29. The van der Waals surface area contributed by atoms with E-state index in [-0.39, 0.29) is 5.91 Å². The molecular formula is C13H17ClN2O. The highest BCUT2D eigenvalue weighted by Crippen LogP contribution is 2.19. The molecule has 0 spiro atoms. The summed E-state index contributed by atoms with van der Waals surface area (Å²) in [4.78, 5) is 18.2. The minimum atomic E-state index is 0.0734. The maximum absolute atomic E-state index is 12.3. The van der Waals surface area contributed by atoms with E-state index in [9.17, 15) is 4.79 Å². The largest absolute Gasteiger partial charge is 0.339 e. The van der Waals surface area contributed by atoms with Crippen molar-refractivity contribution in [3.63, 3.8) is 0 Å². The average Bonchev–Trinajstić information content (AvgIpc) is 2.28. The number of nitrogens with zero attached hydrogens (tertiary/aromatic N) is 2. The van der Waals surface area contributed by atoms with E-state index in [0.717, 1.165) is 37.5 Å². The van der Waals surface area contributed by atoms with Crippen LogP contribution < -0.4 is 0 Å². The van der Waals surface area contributed by atoms with E-state index in [2.05, 4.69) is 11.9 Å². The molecule has 3 nitrogen and oxygen atoms in total. The first-order valence-corrected chi connectivity index (χ1v) is 6.37. The summed E-state index contributed by atoms with van der Waals surface area (Å²) >= 11 is 5.87. The fraction of sp³-hybridized carbons (Fsp3) is 0.538. The Morgan fingerprint density at radius 1 is 1.41 bits per heavy atom.